The molecular weight excluding hydrogens is 398 g/mol. The van der Waals surface area contributed by atoms with E-state index in [4.69, 9.17) is 0 Å². The predicted octanol–water partition coefficient (Wildman–Crippen LogP) is 2.76. The average Bonchev–Trinajstić information content (AvgIpc) is 2.81. The summed E-state index contributed by atoms with van der Waals surface area (Å²) >= 11 is 6.57. The fourth-order valence-corrected chi connectivity index (χ4v) is 4.37. The maximum atomic E-state index is 12.4. The van der Waals surface area contributed by atoms with Crippen molar-refractivity contribution < 1.29 is 8.42 Å². The van der Waals surface area contributed by atoms with Gasteiger partial charge >= 0.3 is 0 Å². The maximum absolute atomic E-state index is 12.4. The lowest BCUT2D eigenvalue weighted by Crippen LogP contribution is -2.27. The van der Waals surface area contributed by atoms with Gasteiger partial charge < -0.3 is 4.98 Å². The number of halogens is 2. The fraction of sp³-hybridized carbons (Fsp3) is 0.182. The number of benzene rings is 1. The Morgan fingerprint density at radius 3 is 2.68 bits per heavy atom. The molecule has 1 N–H and O–H groups in total. The van der Waals surface area contributed by atoms with E-state index in [2.05, 4.69) is 41.8 Å². The van der Waals surface area contributed by atoms with E-state index in [-0.39, 0.29) is 11.4 Å². The number of H-pyrrole nitrogens is 1. The van der Waals surface area contributed by atoms with E-state index in [9.17, 15) is 8.42 Å². The molecule has 2 aromatic rings. The number of hydrogen-bond donors (Lipinski definition) is 1. The van der Waals surface area contributed by atoms with Gasteiger partial charge in [-0.3, -0.25) is 0 Å². The summed E-state index contributed by atoms with van der Waals surface area (Å²) in [5, 5.41) is 0. The van der Waals surface area contributed by atoms with E-state index >= 15 is 0 Å². The molecule has 0 spiro atoms. The Morgan fingerprint density at radius 2 is 2.11 bits per heavy atom. The van der Waals surface area contributed by atoms with Crippen LogP contribution in [0.1, 0.15) is 5.82 Å². The van der Waals surface area contributed by atoms with Crippen LogP contribution in [0.2, 0.25) is 0 Å². The minimum Gasteiger partial charge on any atom is -0.347 e. The molecule has 0 saturated carbocycles. The summed E-state index contributed by atoms with van der Waals surface area (Å²) in [5.41, 5.74) is 0. The molecule has 2 rings (SSSR count). The Bertz CT molecular complexity index is 671. The highest BCUT2D eigenvalue weighted by Crippen LogP contribution is 2.27. The van der Waals surface area contributed by atoms with Crippen LogP contribution in [-0.2, 0) is 16.6 Å². The quantitative estimate of drug-likeness (QED) is 0.845. The smallest absolute Gasteiger partial charge is 0.244 e. The molecule has 0 unspecified atom stereocenters. The van der Waals surface area contributed by atoms with Crippen molar-refractivity contribution in [3.63, 3.8) is 0 Å². The van der Waals surface area contributed by atoms with Crippen LogP contribution in [0.25, 0.3) is 0 Å². The number of nitrogens with zero attached hydrogens (tertiary/aromatic N) is 2. The average molecular weight is 409 g/mol. The number of rotatable bonds is 4. The van der Waals surface area contributed by atoms with E-state index < -0.39 is 10.0 Å². The van der Waals surface area contributed by atoms with Crippen molar-refractivity contribution in [3.05, 3.63) is 45.4 Å². The summed E-state index contributed by atoms with van der Waals surface area (Å²) in [7, 11) is -2.04. The van der Waals surface area contributed by atoms with Gasteiger partial charge in [-0.05, 0) is 34.1 Å². The molecule has 0 fully saturated rings. The summed E-state index contributed by atoms with van der Waals surface area (Å²) in [6, 6.07) is 4.95. The van der Waals surface area contributed by atoms with E-state index in [1.165, 1.54) is 11.4 Å². The van der Waals surface area contributed by atoms with Crippen molar-refractivity contribution in [2.24, 2.45) is 0 Å². The number of nitrogens with one attached hydrogen (secondary N) is 1. The minimum absolute atomic E-state index is 0.192. The first kappa shape index (κ1) is 14.7. The molecule has 0 aliphatic heterocycles. The van der Waals surface area contributed by atoms with Gasteiger partial charge in [0.15, 0.2) is 0 Å². The van der Waals surface area contributed by atoms with Crippen LogP contribution in [0, 0.1) is 0 Å². The predicted molar refractivity (Wildman–Crippen MR) is 79.1 cm³/mol. The van der Waals surface area contributed by atoms with Crippen LogP contribution < -0.4 is 0 Å². The monoisotopic (exact) mass is 407 g/mol. The molecule has 0 aliphatic carbocycles. The molecule has 19 heavy (non-hydrogen) atoms. The molecule has 102 valence electrons. The van der Waals surface area contributed by atoms with Gasteiger partial charge in [-0.2, -0.15) is 4.31 Å². The van der Waals surface area contributed by atoms with Crippen LogP contribution in [0.4, 0.5) is 0 Å². The number of imidazole rings is 1. The standard InChI is InChI=1S/C11H11Br2N3O2S/c1-16(7-11-14-4-5-15-11)19(17,18)10-3-2-8(12)6-9(10)13/h2-6H,7H2,1H3,(H,14,15). The highest BCUT2D eigenvalue weighted by Gasteiger charge is 2.24. The van der Waals surface area contributed by atoms with Crippen molar-refractivity contribution in [1.29, 1.82) is 0 Å². The Labute approximate surface area is 128 Å². The van der Waals surface area contributed by atoms with Crippen LogP contribution in [-0.4, -0.2) is 29.7 Å². The molecule has 8 heteroatoms. The molecule has 1 aromatic carbocycles. The molecular formula is C11H11Br2N3O2S. The Hall–Kier alpha value is -0.700. The van der Waals surface area contributed by atoms with Gasteiger partial charge in [0.05, 0.1) is 11.4 Å². The molecule has 0 bridgehead atoms. The van der Waals surface area contributed by atoms with Crippen LogP contribution in [0.15, 0.2) is 44.4 Å². The topological polar surface area (TPSA) is 66.1 Å². The van der Waals surface area contributed by atoms with Gasteiger partial charge in [0.1, 0.15) is 5.82 Å². The molecule has 0 saturated heterocycles. The molecule has 0 aliphatic rings. The van der Waals surface area contributed by atoms with E-state index in [0.29, 0.717) is 10.3 Å². The highest BCUT2D eigenvalue weighted by atomic mass is 79.9. The second-order valence-electron chi connectivity index (χ2n) is 3.87. The van der Waals surface area contributed by atoms with E-state index in [1.54, 1.807) is 30.6 Å². The molecule has 0 atom stereocenters. The van der Waals surface area contributed by atoms with Crippen molar-refractivity contribution in [1.82, 2.24) is 14.3 Å². The largest absolute Gasteiger partial charge is 0.347 e. The van der Waals surface area contributed by atoms with Crippen molar-refractivity contribution in [3.8, 4) is 0 Å². The molecule has 0 radical (unpaired) electrons. The second-order valence-corrected chi connectivity index (χ2v) is 7.66. The zero-order chi connectivity index (χ0) is 14.0. The van der Waals surface area contributed by atoms with Crippen molar-refractivity contribution in [2.45, 2.75) is 11.4 Å². The van der Waals surface area contributed by atoms with Gasteiger partial charge in [0.2, 0.25) is 10.0 Å². The van der Waals surface area contributed by atoms with Crippen molar-refractivity contribution in [2.75, 3.05) is 7.05 Å². The number of hydrogen-bond acceptors (Lipinski definition) is 3. The summed E-state index contributed by atoms with van der Waals surface area (Å²) in [6.07, 6.45) is 3.25. The molecule has 1 aromatic heterocycles. The lowest BCUT2D eigenvalue weighted by molar-refractivity contribution is 0.458. The lowest BCUT2D eigenvalue weighted by Gasteiger charge is -2.17. The molecule has 0 amide bonds. The first-order chi connectivity index (χ1) is 8.91. The number of sulfonamides is 1. The minimum atomic E-state index is -3.56. The first-order valence-electron chi connectivity index (χ1n) is 5.31. The van der Waals surface area contributed by atoms with Crippen LogP contribution >= 0.6 is 31.9 Å². The first-order valence-corrected chi connectivity index (χ1v) is 8.33. The Morgan fingerprint density at radius 1 is 1.37 bits per heavy atom. The zero-order valence-corrected chi connectivity index (χ0v) is 14.0. The number of aromatic nitrogens is 2. The maximum Gasteiger partial charge on any atom is 0.244 e. The van der Waals surface area contributed by atoms with E-state index in [0.717, 1.165) is 4.47 Å². The van der Waals surface area contributed by atoms with E-state index in [1.807, 2.05) is 0 Å². The van der Waals surface area contributed by atoms with Crippen LogP contribution in [0.3, 0.4) is 0 Å². The highest BCUT2D eigenvalue weighted by molar-refractivity contribution is 9.11. The SMILES string of the molecule is CN(Cc1ncc[nH]1)S(=O)(=O)c1ccc(Br)cc1Br. The lowest BCUT2D eigenvalue weighted by atomic mass is 10.4. The van der Waals surface area contributed by atoms with Gasteiger partial charge in [-0.1, -0.05) is 15.9 Å². The second kappa shape index (κ2) is 5.74. The Kier molecular flexibility index (Phi) is 4.44. The summed E-state index contributed by atoms with van der Waals surface area (Å²) in [5.74, 6) is 0.597. The number of aromatic amines is 1. The van der Waals surface area contributed by atoms with Gasteiger partial charge in [-0.25, -0.2) is 13.4 Å². The molecule has 5 nitrogen and oxygen atoms in total. The Balaban J connectivity index is 2.31. The summed E-state index contributed by atoms with van der Waals surface area (Å²) in [6.45, 7) is 0.192. The van der Waals surface area contributed by atoms with Crippen LogP contribution in [0.5, 0.6) is 0 Å². The fourth-order valence-electron chi connectivity index (χ4n) is 1.53. The third-order valence-electron chi connectivity index (χ3n) is 2.51. The van der Waals surface area contributed by atoms with Gasteiger partial charge in [0.25, 0.3) is 0 Å². The normalized spacial score (nSPS) is 12.0. The summed E-state index contributed by atoms with van der Waals surface area (Å²) in [4.78, 5) is 7.12. The third kappa shape index (κ3) is 3.25. The summed E-state index contributed by atoms with van der Waals surface area (Å²) < 4.78 is 27.4. The molecule has 1 heterocycles. The van der Waals surface area contributed by atoms with Gasteiger partial charge in [-0.15, -0.1) is 0 Å². The van der Waals surface area contributed by atoms with Crippen molar-refractivity contribution >= 4 is 41.9 Å². The van der Waals surface area contributed by atoms with Gasteiger partial charge in [0, 0.05) is 28.4 Å². The zero-order valence-electron chi connectivity index (χ0n) is 9.97. The third-order valence-corrected chi connectivity index (χ3v) is 5.78.